The smallest absolute Gasteiger partial charge is 0.325 e. The summed E-state index contributed by atoms with van der Waals surface area (Å²) in [6.07, 6.45) is 1.88. The predicted molar refractivity (Wildman–Crippen MR) is 117 cm³/mol. The highest BCUT2D eigenvalue weighted by Crippen LogP contribution is 2.19. The number of benzene rings is 2. The Morgan fingerprint density at radius 1 is 0.867 bits per heavy atom. The first-order valence-corrected chi connectivity index (χ1v) is 10.2. The van der Waals surface area contributed by atoms with Crippen molar-refractivity contribution >= 4 is 17.8 Å². The van der Waals surface area contributed by atoms with Gasteiger partial charge in [-0.25, -0.2) is 0 Å². The Hall–Kier alpha value is -3.15. The summed E-state index contributed by atoms with van der Waals surface area (Å²) < 4.78 is 4.93. The third-order valence-electron chi connectivity index (χ3n) is 4.60. The Labute approximate surface area is 178 Å². The normalized spacial score (nSPS) is 11.6. The SMILES string of the molecule is CC(C)CC[C@H](C)NC(=O)COC(=O)CNC(=O)c1ccc(-c2ccccc2)cc1. The van der Waals surface area contributed by atoms with E-state index in [-0.39, 0.29) is 31.0 Å². The molecule has 6 heteroatoms. The summed E-state index contributed by atoms with van der Waals surface area (Å²) in [5.74, 6) is -0.810. The quantitative estimate of drug-likeness (QED) is 0.587. The minimum atomic E-state index is -0.658. The lowest BCUT2D eigenvalue weighted by Crippen LogP contribution is -2.37. The lowest BCUT2D eigenvalue weighted by Gasteiger charge is -2.15. The van der Waals surface area contributed by atoms with Crippen molar-refractivity contribution in [1.82, 2.24) is 10.6 Å². The Balaban J connectivity index is 1.71. The zero-order chi connectivity index (χ0) is 21.9. The van der Waals surface area contributed by atoms with E-state index in [1.807, 2.05) is 49.4 Å². The number of ether oxygens (including phenoxy) is 1. The van der Waals surface area contributed by atoms with Gasteiger partial charge in [0.25, 0.3) is 11.8 Å². The maximum atomic E-state index is 12.2. The van der Waals surface area contributed by atoms with Gasteiger partial charge in [0.15, 0.2) is 6.61 Å². The topological polar surface area (TPSA) is 84.5 Å². The van der Waals surface area contributed by atoms with Crippen LogP contribution in [0.15, 0.2) is 54.6 Å². The number of rotatable bonds is 10. The summed E-state index contributed by atoms with van der Waals surface area (Å²) in [7, 11) is 0. The van der Waals surface area contributed by atoms with E-state index >= 15 is 0 Å². The van der Waals surface area contributed by atoms with Gasteiger partial charge in [-0.3, -0.25) is 14.4 Å². The van der Waals surface area contributed by atoms with Gasteiger partial charge in [0.1, 0.15) is 6.54 Å². The minimum Gasteiger partial charge on any atom is -0.454 e. The summed E-state index contributed by atoms with van der Waals surface area (Å²) in [6, 6.07) is 17.0. The first-order chi connectivity index (χ1) is 14.3. The first-order valence-electron chi connectivity index (χ1n) is 10.2. The molecule has 0 aliphatic heterocycles. The van der Waals surface area contributed by atoms with Crippen molar-refractivity contribution in [2.24, 2.45) is 5.92 Å². The number of carbonyl (C=O) groups is 3. The molecule has 0 heterocycles. The van der Waals surface area contributed by atoms with Crippen LogP contribution in [0, 0.1) is 5.92 Å². The lowest BCUT2D eigenvalue weighted by atomic mass is 10.0. The van der Waals surface area contributed by atoms with E-state index in [0.29, 0.717) is 11.5 Å². The minimum absolute atomic E-state index is 0.0252. The first kappa shape index (κ1) is 23.1. The van der Waals surface area contributed by atoms with Crippen LogP contribution >= 0.6 is 0 Å². The average Bonchev–Trinajstić information content (AvgIpc) is 2.75. The zero-order valence-electron chi connectivity index (χ0n) is 17.8. The Kier molecular flexibility index (Phi) is 9.06. The molecule has 0 radical (unpaired) electrons. The molecule has 0 aliphatic carbocycles. The van der Waals surface area contributed by atoms with Crippen molar-refractivity contribution in [3.05, 3.63) is 60.2 Å². The van der Waals surface area contributed by atoms with Gasteiger partial charge in [-0.15, -0.1) is 0 Å². The van der Waals surface area contributed by atoms with Crippen molar-refractivity contribution in [2.75, 3.05) is 13.2 Å². The molecule has 2 aromatic carbocycles. The van der Waals surface area contributed by atoms with Crippen molar-refractivity contribution in [3.63, 3.8) is 0 Å². The van der Waals surface area contributed by atoms with E-state index in [0.717, 1.165) is 24.0 Å². The fourth-order valence-electron chi connectivity index (χ4n) is 2.87. The molecule has 6 nitrogen and oxygen atoms in total. The summed E-state index contributed by atoms with van der Waals surface area (Å²) in [5, 5.41) is 5.31. The van der Waals surface area contributed by atoms with E-state index in [4.69, 9.17) is 4.74 Å². The molecule has 30 heavy (non-hydrogen) atoms. The Morgan fingerprint density at radius 2 is 1.50 bits per heavy atom. The molecule has 0 aromatic heterocycles. The summed E-state index contributed by atoms with van der Waals surface area (Å²) >= 11 is 0. The zero-order valence-corrected chi connectivity index (χ0v) is 17.8. The fourth-order valence-corrected chi connectivity index (χ4v) is 2.87. The molecule has 160 valence electrons. The molecule has 2 aromatic rings. The largest absolute Gasteiger partial charge is 0.454 e. The monoisotopic (exact) mass is 410 g/mol. The molecular formula is C24H30N2O4. The van der Waals surface area contributed by atoms with Crippen LogP contribution in [0.1, 0.15) is 44.0 Å². The van der Waals surface area contributed by atoms with Crippen molar-refractivity contribution in [2.45, 2.75) is 39.7 Å². The number of nitrogens with one attached hydrogen (secondary N) is 2. The van der Waals surface area contributed by atoms with E-state index in [1.165, 1.54) is 0 Å². The molecule has 0 spiro atoms. The van der Waals surface area contributed by atoms with Crippen LogP contribution in [0.3, 0.4) is 0 Å². The van der Waals surface area contributed by atoms with Gasteiger partial charge in [0.05, 0.1) is 0 Å². The van der Waals surface area contributed by atoms with Crippen LogP contribution in [-0.2, 0) is 14.3 Å². The molecule has 2 N–H and O–H groups in total. The molecule has 2 amide bonds. The van der Waals surface area contributed by atoms with Crippen LogP contribution < -0.4 is 10.6 Å². The predicted octanol–water partition coefficient (Wildman–Crippen LogP) is 3.57. The molecule has 2 rings (SSSR count). The maximum absolute atomic E-state index is 12.2. The second-order valence-electron chi connectivity index (χ2n) is 7.73. The molecule has 0 bridgehead atoms. The highest BCUT2D eigenvalue weighted by molar-refractivity contribution is 5.96. The third kappa shape index (κ3) is 8.07. The summed E-state index contributed by atoms with van der Waals surface area (Å²) in [5.41, 5.74) is 2.50. The van der Waals surface area contributed by atoms with Gasteiger partial charge in [-0.1, -0.05) is 56.3 Å². The Morgan fingerprint density at radius 3 is 2.13 bits per heavy atom. The third-order valence-corrected chi connectivity index (χ3v) is 4.60. The van der Waals surface area contributed by atoms with Crippen LogP contribution in [-0.4, -0.2) is 37.0 Å². The molecule has 0 fully saturated rings. The van der Waals surface area contributed by atoms with Crippen molar-refractivity contribution in [3.8, 4) is 11.1 Å². The lowest BCUT2D eigenvalue weighted by molar-refractivity contribution is -0.147. The van der Waals surface area contributed by atoms with Crippen LogP contribution in [0.4, 0.5) is 0 Å². The van der Waals surface area contributed by atoms with E-state index in [1.54, 1.807) is 12.1 Å². The molecule has 0 saturated heterocycles. The van der Waals surface area contributed by atoms with Gasteiger partial charge < -0.3 is 15.4 Å². The summed E-state index contributed by atoms with van der Waals surface area (Å²) in [6.45, 7) is 5.53. The molecule has 0 unspecified atom stereocenters. The van der Waals surface area contributed by atoms with Crippen molar-refractivity contribution in [1.29, 1.82) is 0 Å². The number of carbonyl (C=O) groups excluding carboxylic acids is 3. The van der Waals surface area contributed by atoms with Gasteiger partial charge >= 0.3 is 5.97 Å². The highest BCUT2D eigenvalue weighted by Gasteiger charge is 2.13. The van der Waals surface area contributed by atoms with Crippen LogP contribution in [0.5, 0.6) is 0 Å². The van der Waals surface area contributed by atoms with Gasteiger partial charge in [0, 0.05) is 11.6 Å². The number of hydrogen-bond donors (Lipinski definition) is 2. The number of amides is 2. The Bertz CT molecular complexity index is 832. The van der Waals surface area contributed by atoms with E-state index in [2.05, 4.69) is 24.5 Å². The summed E-state index contributed by atoms with van der Waals surface area (Å²) in [4.78, 5) is 35.9. The molecule has 0 saturated carbocycles. The standard InChI is InChI=1S/C24H30N2O4/c1-17(2)9-10-18(3)26-22(27)16-30-23(28)15-25-24(29)21-13-11-20(12-14-21)19-7-5-4-6-8-19/h4-8,11-14,17-18H,9-10,15-16H2,1-3H3,(H,25,29)(H,26,27)/t18-/m0/s1. The fraction of sp³-hybridized carbons (Fsp3) is 0.375. The number of esters is 1. The maximum Gasteiger partial charge on any atom is 0.325 e. The van der Waals surface area contributed by atoms with Gasteiger partial charge in [-0.2, -0.15) is 0 Å². The van der Waals surface area contributed by atoms with Crippen molar-refractivity contribution < 1.29 is 19.1 Å². The average molecular weight is 411 g/mol. The van der Waals surface area contributed by atoms with Crippen LogP contribution in [0.2, 0.25) is 0 Å². The van der Waals surface area contributed by atoms with E-state index < -0.39 is 5.97 Å². The molecule has 0 aliphatic rings. The molecule has 1 atom stereocenters. The van der Waals surface area contributed by atoms with Gasteiger partial charge in [-0.05, 0) is 48.9 Å². The second-order valence-corrected chi connectivity index (χ2v) is 7.73. The molecular weight excluding hydrogens is 380 g/mol. The second kappa shape index (κ2) is 11.8. The van der Waals surface area contributed by atoms with Gasteiger partial charge in [0.2, 0.25) is 0 Å². The number of hydrogen-bond acceptors (Lipinski definition) is 4. The van der Waals surface area contributed by atoms with E-state index in [9.17, 15) is 14.4 Å². The highest BCUT2D eigenvalue weighted by atomic mass is 16.5. The van der Waals surface area contributed by atoms with Crippen LogP contribution in [0.25, 0.3) is 11.1 Å².